The van der Waals surface area contributed by atoms with Crippen LogP contribution in [0.4, 0.5) is 0 Å². The molecule has 0 atom stereocenters. The number of aromatic nitrogens is 4. The van der Waals surface area contributed by atoms with E-state index in [2.05, 4.69) is 162 Å². The van der Waals surface area contributed by atoms with Crippen molar-refractivity contribution in [1.29, 1.82) is 0 Å². The first-order valence-corrected chi connectivity index (χ1v) is 17.9. The number of fused-ring (bicyclic) bond motifs is 5. The Bertz CT molecular complexity index is 2890. The quantitative estimate of drug-likeness (QED) is 0.176. The minimum Gasteiger partial charge on any atom is -0.306 e. The average Bonchev–Trinajstić information content (AvgIpc) is 3.59. The Balaban J connectivity index is 0.992. The second-order valence-electron chi connectivity index (χ2n) is 13.3. The first-order chi connectivity index (χ1) is 26.3. The zero-order chi connectivity index (χ0) is 35.1. The second kappa shape index (κ2) is 12.9. The smallest absolute Gasteiger partial charge is 0.160 e. The summed E-state index contributed by atoms with van der Waals surface area (Å²) in [6.45, 7) is 0. The van der Waals surface area contributed by atoms with Crippen molar-refractivity contribution in [3.05, 3.63) is 194 Å². The Morgan fingerprint density at radius 2 is 0.792 bits per heavy atom. The van der Waals surface area contributed by atoms with Gasteiger partial charge in [-0.2, -0.15) is 0 Å². The lowest BCUT2D eigenvalue weighted by Gasteiger charge is -2.11. The normalized spacial score (nSPS) is 11.4. The Morgan fingerprint density at radius 1 is 0.340 bits per heavy atom. The van der Waals surface area contributed by atoms with Gasteiger partial charge in [0.2, 0.25) is 0 Å². The highest BCUT2D eigenvalue weighted by molar-refractivity contribution is 6.08. The molecule has 3 heterocycles. The van der Waals surface area contributed by atoms with Crippen LogP contribution in [0.5, 0.6) is 0 Å². The van der Waals surface area contributed by atoms with Crippen LogP contribution in [0, 0.1) is 0 Å². The van der Waals surface area contributed by atoms with Crippen LogP contribution in [0.1, 0.15) is 0 Å². The maximum Gasteiger partial charge on any atom is 0.160 e. The molecule has 0 unspecified atom stereocenters. The molecule has 53 heavy (non-hydrogen) atoms. The van der Waals surface area contributed by atoms with E-state index in [1.807, 2.05) is 36.5 Å². The molecule has 4 nitrogen and oxygen atoms in total. The fourth-order valence-electron chi connectivity index (χ4n) is 7.42. The van der Waals surface area contributed by atoms with E-state index in [-0.39, 0.29) is 0 Å². The number of hydrogen-bond acceptors (Lipinski definition) is 3. The molecule has 7 aromatic carbocycles. The summed E-state index contributed by atoms with van der Waals surface area (Å²) < 4.78 is 2.33. The summed E-state index contributed by atoms with van der Waals surface area (Å²) in [5.74, 6) is 0.707. The van der Waals surface area contributed by atoms with Crippen LogP contribution in [0.3, 0.4) is 0 Å². The molecule has 10 aromatic rings. The summed E-state index contributed by atoms with van der Waals surface area (Å²) in [7, 11) is 0. The molecule has 0 spiro atoms. The van der Waals surface area contributed by atoms with E-state index in [1.165, 1.54) is 33.2 Å². The van der Waals surface area contributed by atoms with Crippen LogP contribution >= 0.6 is 0 Å². The molecule has 0 aliphatic rings. The first-order valence-electron chi connectivity index (χ1n) is 17.9. The van der Waals surface area contributed by atoms with E-state index in [9.17, 15) is 0 Å². The monoisotopic (exact) mass is 676 g/mol. The fraction of sp³-hybridized carbons (Fsp3) is 0. The number of benzene rings is 7. The van der Waals surface area contributed by atoms with Gasteiger partial charge in [0, 0.05) is 27.6 Å². The zero-order valence-electron chi connectivity index (χ0n) is 28.8. The topological polar surface area (TPSA) is 43.1 Å². The molecule has 0 saturated heterocycles. The van der Waals surface area contributed by atoms with Crippen molar-refractivity contribution < 1.29 is 0 Å². The Morgan fingerprint density at radius 3 is 1.40 bits per heavy atom. The second-order valence-corrected chi connectivity index (χ2v) is 13.3. The molecule has 0 bridgehead atoms. The van der Waals surface area contributed by atoms with E-state index in [4.69, 9.17) is 15.0 Å². The Labute approximate surface area is 307 Å². The SMILES string of the molecule is c1ccc(-c2ccc(-c3cc(-c4ccc(-c5ccc(-c6c7ccccc7n7c6cnc6ccccc67)cc5)cc4)nc(-c4ccccc4)n3)cc2)cc1. The van der Waals surface area contributed by atoms with Gasteiger partial charge in [-0.3, -0.25) is 4.98 Å². The predicted octanol–water partition coefficient (Wildman–Crippen LogP) is 12.4. The van der Waals surface area contributed by atoms with Gasteiger partial charge in [-0.15, -0.1) is 0 Å². The maximum absolute atomic E-state index is 5.06. The third-order valence-corrected chi connectivity index (χ3v) is 10.1. The summed E-state index contributed by atoms with van der Waals surface area (Å²) in [5.41, 5.74) is 16.3. The molecule has 4 heteroatoms. The number of para-hydroxylation sites is 3. The zero-order valence-corrected chi connectivity index (χ0v) is 28.8. The Kier molecular flexibility index (Phi) is 7.43. The van der Waals surface area contributed by atoms with E-state index < -0.39 is 0 Å². The van der Waals surface area contributed by atoms with Gasteiger partial charge in [0.1, 0.15) is 0 Å². The van der Waals surface area contributed by atoms with Gasteiger partial charge in [0.15, 0.2) is 5.82 Å². The highest BCUT2D eigenvalue weighted by Gasteiger charge is 2.16. The van der Waals surface area contributed by atoms with Crippen molar-refractivity contribution in [1.82, 2.24) is 19.4 Å². The lowest BCUT2D eigenvalue weighted by Crippen LogP contribution is -1.96. The number of rotatable bonds is 6. The van der Waals surface area contributed by atoms with Crippen molar-refractivity contribution in [2.45, 2.75) is 0 Å². The van der Waals surface area contributed by atoms with Crippen molar-refractivity contribution in [3.63, 3.8) is 0 Å². The van der Waals surface area contributed by atoms with Gasteiger partial charge in [0.05, 0.1) is 39.7 Å². The molecule has 0 N–H and O–H groups in total. The largest absolute Gasteiger partial charge is 0.306 e. The molecule has 0 radical (unpaired) electrons. The van der Waals surface area contributed by atoms with E-state index in [0.29, 0.717) is 5.82 Å². The number of nitrogens with zero attached hydrogens (tertiary/aromatic N) is 4. The molecule has 0 aliphatic heterocycles. The van der Waals surface area contributed by atoms with Gasteiger partial charge in [-0.1, -0.05) is 164 Å². The first kappa shape index (κ1) is 30.6. The molecule has 10 rings (SSSR count). The van der Waals surface area contributed by atoms with Gasteiger partial charge in [-0.25, -0.2) is 9.97 Å². The van der Waals surface area contributed by atoms with Crippen LogP contribution in [0.2, 0.25) is 0 Å². The highest BCUT2D eigenvalue weighted by Crippen LogP contribution is 2.38. The van der Waals surface area contributed by atoms with E-state index in [1.54, 1.807) is 0 Å². The molecule has 248 valence electrons. The van der Waals surface area contributed by atoms with E-state index in [0.717, 1.165) is 55.8 Å². The van der Waals surface area contributed by atoms with E-state index >= 15 is 0 Å². The minimum absolute atomic E-state index is 0.707. The molecule has 0 amide bonds. The van der Waals surface area contributed by atoms with Crippen molar-refractivity contribution in [2.75, 3.05) is 0 Å². The standard InChI is InChI=1S/C49H32N4/c1-3-11-33(12-4-1)34-19-25-37(26-20-34)43-31-44(52-49(51-43)40-13-5-2-6-14-40)38-27-21-35(22-28-38)36-23-29-39(30-24-36)48-41-15-7-9-17-45(41)53-46-18-10-8-16-42(46)50-32-47(48)53/h1-32H. The van der Waals surface area contributed by atoms with Gasteiger partial charge in [-0.05, 0) is 52.1 Å². The summed E-state index contributed by atoms with van der Waals surface area (Å²) >= 11 is 0. The van der Waals surface area contributed by atoms with Gasteiger partial charge in [0.25, 0.3) is 0 Å². The van der Waals surface area contributed by atoms with Crippen LogP contribution in [-0.4, -0.2) is 19.4 Å². The number of hydrogen-bond donors (Lipinski definition) is 0. The summed E-state index contributed by atoms with van der Waals surface area (Å²) in [5, 5.41) is 1.22. The third kappa shape index (κ3) is 5.54. The van der Waals surface area contributed by atoms with Crippen LogP contribution in [0.15, 0.2) is 194 Å². The molecule has 3 aromatic heterocycles. The minimum atomic E-state index is 0.707. The molecule has 0 aliphatic carbocycles. The summed E-state index contributed by atoms with van der Waals surface area (Å²) in [6, 6.07) is 65.9. The van der Waals surface area contributed by atoms with Gasteiger partial charge < -0.3 is 4.40 Å². The lowest BCUT2D eigenvalue weighted by atomic mass is 9.98. The fourth-order valence-corrected chi connectivity index (χ4v) is 7.42. The maximum atomic E-state index is 5.06. The summed E-state index contributed by atoms with van der Waals surface area (Å²) in [6.07, 6.45) is 2.01. The summed E-state index contributed by atoms with van der Waals surface area (Å²) in [4.78, 5) is 14.9. The lowest BCUT2D eigenvalue weighted by molar-refractivity contribution is 1.18. The van der Waals surface area contributed by atoms with Gasteiger partial charge >= 0.3 is 0 Å². The van der Waals surface area contributed by atoms with Crippen molar-refractivity contribution in [3.8, 4) is 67.3 Å². The molecular weight excluding hydrogens is 645 g/mol. The van der Waals surface area contributed by atoms with Crippen molar-refractivity contribution >= 4 is 27.5 Å². The van der Waals surface area contributed by atoms with Crippen LogP contribution in [-0.2, 0) is 0 Å². The van der Waals surface area contributed by atoms with Crippen molar-refractivity contribution in [2.24, 2.45) is 0 Å². The third-order valence-electron chi connectivity index (χ3n) is 10.1. The Hall–Kier alpha value is -7.17. The van der Waals surface area contributed by atoms with Crippen LogP contribution in [0.25, 0.3) is 94.7 Å². The molecule has 0 fully saturated rings. The van der Waals surface area contributed by atoms with Crippen LogP contribution < -0.4 is 0 Å². The molecular formula is C49H32N4. The molecule has 0 saturated carbocycles. The average molecular weight is 677 g/mol. The highest BCUT2D eigenvalue weighted by atomic mass is 14.9. The predicted molar refractivity (Wildman–Crippen MR) is 218 cm³/mol.